The molecule has 1 atom stereocenters. The summed E-state index contributed by atoms with van der Waals surface area (Å²) in [4.78, 5) is 0. The lowest BCUT2D eigenvalue weighted by atomic mass is 9.86. The van der Waals surface area contributed by atoms with E-state index < -0.39 is 0 Å². The van der Waals surface area contributed by atoms with Crippen molar-refractivity contribution in [3.05, 3.63) is 33.9 Å². The lowest BCUT2D eigenvalue weighted by Gasteiger charge is -2.21. The summed E-state index contributed by atoms with van der Waals surface area (Å²) < 4.78 is 5.76. The maximum atomic E-state index is 5.89. The van der Waals surface area contributed by atoms with E-state index in [2.05, 4.69) is 19.9 Å². The van der Waals surface area contributed by atoms with Crippen molar-refractivity contribution in [2.24, 2.45) is 5.73 Å². The Kier molecular flexibility index (Phi) is 3.59. The summed E-state index contributed by atoms with van der Waals surface area (Å²) in [6.07, 6.45) is 6.18. The molecule has 2 nitrogen and oxygen atoms in total. The Morgan fingerprint density at radius 1 is 1.20 bits per heavy atom. The van der Waals surface area contributed by atoms with Crippen LogP contribution in [0, 0.1) is 13.8 Å². The Morgan fingerprint density at radius 3 is 2.65 bits per heavy atom. The summed E-state index contributed by atoms with van der Waals surface area (Å²) in [5.74, 6) is 1.59. The van der Waals surface area contributed by atoms with Gasteiger partial charge in [0.2, 0.25) is 0 Å². The predicted molar refractivity (Wildman–Crippen MR) is 84.3 cm³/mol. The molecule has 0 amide bonds. The van der Waals surface area contributed by atoms with E-state index in [1.54, 1.807) is 18.3 Å². The zero-order valence-corrected chi connectivity index (χ0v) is 12.9. The Morgan fingerprint density at radius 2 is 1.95 bits per heavy atom. The first-order chi connectivity index (χ1) is 9.69. The molecule has 0 saturated heterocycles. The normalized spacial score (nSPS) is 20.9. The van der Waals surface area contributed by atoms with Gasteiger partial charge in [-0.3, -0.25) is 0 Å². The first kappa shape index (κ1) is 13.7. The molecule has 1 aromatic rings. The molecular weight excluding hydrogens is 246 g/mol. The molecule has 2 aliphatic rings. The topological polar surface area (TPSA) is 35.2 Å². The quantitative estimate of drug-likeness (QED) is 0.898. The van der Waals surface area contributed by atoms with Crippen molar-refractivity contribution in [3.8, 4) is 5.75 Å². The number of fused-ring (bicyclic) bond motifs is 2. The minimum Gasteiger partial charge on any atom is -0.496 e. The van der Waals surface area contributed by atoms with Crippen LogP contribution in [0.5, 0.6) is 5.75 Å². The number of hydrogen-bond acceptors (Lipinski definition) is 2. The van der Waals surface area contributed by atoms with Gasteiger partial charge in [-0.15, -0.1) is 0 Å². The van der Waals surface area contributed by atoms with E-state index in [4.69, 9.17) is 10.5 Å². The second-order valence-electron chi connectivity index (χ2n) is 6.17. The van der Waals surface area contributed by atoms with Crippen molar-refractivity contribution >= 4 is 5.57 Å². The summed E-state index contributed by atoms with van der Waals surface area (Å²) in [7, 11) is 1.80. The van der Waals surface area contributed by atoms with Crippen LogP contribution in [0.1, 0.15) is 60.3 Å². The number of methoxy groups -OCH3 is 1. The van der Waals surface area contributed by atoms with Crippen molar-refractivity contribution in [3.63, 3.8) is 0 Å². The van der Waals surface area contributed by atoms with Crippen LogP contribution in [-0.2, 0) is 0 Å². The van der Waals surface area contributed by atoms with Crippen molar-refractivity contribution in [1.29, 1.82) is 0 Å². The summed E-state index contributed by atoms with van der Waals surface area (Å²) in [6.45, 7) is 5.15. The molecule has 0 bridgehead atoms. The maximum Gasteiger partial charge on any atom is 0.126 e. The third kappa shape index (κ3) is 1.89. The number of rotatable bonds is 3. The third-order valence-corrected chi connectivity index (χ3v) is 4.94. The first-order valence-electron chi connectivity index (χ1n) is 7.79. The zero-order valence-electron chi connectivity index (χ0n) is 12.9. The Labute approximate surface area is 122 Å². The van der Waals surface area contributed by atoms with E-state index in [1.165, 1.54) is 47.9 Å². The van der Waals surface area contributed by atoms with E-state index in [-0.39, 0.29) is 0 Å². The molecule has 20 heavy (non-hydrogen) atoms. The van der Waals surface area contributed by atoms with Gasteiger partial charge < -0.3 is 10.5 Å². The van der Waals surface area contributed by atoms with Gasteiger partial charge in [-0.25, -0.2) is 0 Å². The number of allylic oxidation sites excluding steroid dienone is 2. The highest BCUT2D eigenvalue weighted by Crippen LogP contribution is 2.54. The highest BCUT2D eigenvalue weighted by molar-refractivity contribution is 5.83. The largest absolute Gasteiger partial charge is 0.496 e. The van der Waals surface area contributed by atoms with Gasteiger partial charge in [-0.05, 0) is 74.8 Å². The minimum atomic E-state index is 0.499. The van der Waals surface area contributed by atoms with Gasteiger partial charge in [0.25, 0.3) is 0 Å². The highest BCUT2D eigenvalue weighted by Gasteiger charge is 2.35. The number of benzene rings is 1. The SMILES string of the molecule is COc1c(C)cc(C)c2c1C(CCN)C1=C2CCCC1. The van der Waals surface area contributed by atoms with Crippen molar-refractivity contribution in [2.45, 2.75) is 51.9 Å². The number of ether oxygens (including phenoxy) is 1. The standard InChI is InChI=1S/C18H25NO/c1-11-10-12(2)18(20-3)17-15(8-9-19)13-6-4-5-7-14(13)16(11)17/h10,15H,4-9,19H2,1-3H3. The van der Waals surface area contributed by atoms with Crippen LogP contribution in [0.2, 0.25) is 0 Å². The average Bonchev–Trinajstić information content (AvgIpc) is 2.75. The summed E-state index contributed by atoms with van der Waals surface area (Å²) >= 11 is 0. The molecular formula is C18H25NO. The molecule has 108 valence electrons. The predicted octanol–water partition coefficient (Wildman–Crippen LogP) is 4.09. The number of aryl methyl sites for hydroxylation is 2. The van der Waals surface area contributed by atoms with Crippen molar-refractivity contribution in [1.82, 2.24) is 0 Å². The molecule has 1 aromatic carbocycles. The Bertz CT molecular complexity index is 571. The second kappa shape index (κ2) is 5.25. The van der Waals surface area contributed by atoms with E-state index in [1.807, 2.05) is 0 Å². The smallest absolute Gasteiger partial charge is 0.126 e. The molecule has 0 aromatic heterocycles. The molecule has 0 fully saturated rings. The number of nitrogens with two attached hydrogens (primary N) is 1. The van der Waals surface area contributed by atoms with Gasteiger partial charge in [0.1, 0.15) is 5.75 Å². The fourth-order valence-electron chi connectivity index (χ4n) is 4.26. The van der Waals surface area contributed by atoms with Crippen LogP contribution >= 0.6 is 0 Å². The minimum absolute atomic E-state index is 0.499. The van der Waals surface area contributed by atoms with Crippen molar-refractivity contribution < 1.29 is 4.74 Å². The molecule has 3 rings (SSSR count). The second-order valence-corrected chi connectivity index (χ2v) is 6.17. The van der Waals surface area contributed by atoms with Crippen LogP contribution in [-0.4, -0.2) is 13.7 Å². The van der Waals surface area contributed by atoms with Crippen LogP contribution < -0.4 is 10.5 Å². The molecule has 2 N–H and O–H groups in total. The van der Waals surface area contributed by atoms with Gasteiger partial charge in [-0.2, -0.15) is 0 Å². The molecule has 0 heterocycles. The summed E-state index contributed by atoms with van der Waals surface area (Å²) in [6, 6.07) is 2.28. The van der Waals surface area contributed by atoms with E-state index in [9.17, 15) is 0 Å². The van der Waals surface area contributed by atoms with Gasteiger partial charge >= 0.3 is 0 Å². The van der Waals surface area contributed by atoms with Crippen molar-refractivity contribution in [2.75, 3.05) is 13.7 Å². The van der Waals surface area contributed by atoms with Gasteiger partial charge in [0.15, 0.2) is 0 Å². The average molecular weight is 271 g/mol. The van der Waals surface area contributed by atoms with Gasteiger partial charge in [-0.1, -0.05) is 11.6 Å². The molecule has 0 saturated carbocycles. The maximum absolute atomic E-state index is 5.89. The summed E-state index contributed by atoms with van der Waals surface area (Å²) in [5, 5.41) is 0. The Balaban J connectivity index is 2.24. The monoisotopic (exact) mass is 271 g/mol. The van der Waals surface area contributed by atoms with E-state index >= 15 is 0 Å². The van der Waals surface area contributed by atoms with Crippen LogP contribution in [0.3, 0.4) is 0 Å². The first-order valence-corrected chi connectivity index (χ1v) is 7.79. The molecule has 0 aliphatic heterocycles. The van der Waals surface area contributed by atoms with Crippen LogP contribution in [0.4, 0.5) is 0 Å². The Hall–Kier alpha value is -1.28. The zero-order chi connectivity index (χ0) is 14.3. The number of hydrogen-bond donors (Lipinski definition) is 1. The lowest BCUT2D eigenvalue weighted by molar-refractivity contribution is 0.403. The molecule has 2 aliphatic carbocycles. The third-order valence-electron chi connectivity index (χ3n) is 4.94. The molecule has 0 radical (unpaired) electrons. The fourth-order valence-corrected chi connectivity index (χ4v) is 4.26. The van der Waals surface area contributed by atoms with Crippen LogP contribution in [0.15, 0.2) is 11.6 Å². The molecule has 1 unspecified atom stereocenters. The lowest BCUT2D eigenvalue weighted by Crippen LogP contribution is -2.10. The van der Waals surface area contributed by atoms with Gasteiger partial charge in [0.05, 0.1) is 7.11 Å². The molecule has 0 spiro atoms. The van der Waals surface area contributed by atoms with E-state index in [0.717, 1.165) is 18.7 Å². The fraction of sp³-hybridized carbons (Fsp3) is 0.556. The highest BCUT2D eigenvalue weighted by atomic mass is 16.5. The summed E-state index contributed by atoms with van der Waals surface area (Å²) in [5.41, 5.74) is 14.7. The molecule has 2 heteroatoms. The van der Waals surface area contributed by atoms with Gasteiger partial charge in [0, 0.05) is 11.5 Å². The van der Waals surface area contributed by atoms with E-state index in [0.29, 0.717) is 5.92 Å². The van der Waals surface area contributed by atoms with Crippen LogP contribution in [0.25, 0.3) is 5.57 Å².